The first-order valence-corrected chi connectivity index (χ1v) is 9.22. The number of rotatable bonds is 5. The molecule has 0 saturated carbocycles. The zero-order valence-corrected chi connectivity index (χ0v) is 14.6. The minimum absolute atomic E-state index is 0.600. The van der Waals surface area contributed by atoms with Gasteiger partial charge in [0.05, 0.1) is 12.2 Å². The van der Waals surface area contributed by atoms with Crippen molar-refractivity contribution in [1.82, 2.24) is 14.3 Å². The molecule has 0 amide bonds. The molecule has 1 aliphatic rings. The Hall–Kier alpha value is -1.01. The molecule has 1 aliphatic carbocycles. The van der Waals surface area contributed by atoms with Gasteiger partial charge in [-0.05, 0) is 31.6 Å². The fraction of sp³-hybridized carbons (Fsp3) is 0.667. The summed E-state index contributed by atoms with van der Waals surface area (Å²) in [6, 6.07) is 0. The van der Waals surface area contributed by atoms with E-state index < -0.39 is 0 Å². The molecule has 21 heavy (non-hydrogen) atoms. The minimum atomic E-state index is 0.600. The fourth-order valence-corrected chi connectivity index (χ4v) is 4.45. The van der Waals surface area contributed by atoms with Crippen molar-refractivity contribution in [2.24, 2.45) is 5.92 Å². The van der Waals surface area contributed by atoms with Gasteiger partial charge in [-0.2, -0.15) is 4.37 Å². The Morgan fingerprint density at radius 2 is 2.00 bits per heavy atom. The topological polar surface area (TPSA) is 41.9 Å². The van der Waals surface area contributed by atoms with Crippen LogP contribution in [0.1, 0.15) is 48.1 Å². The Bertz CT molecular complexity index is 579. The number of aryl methyl sites for hydroxylation is 2. The SMILES string of the molecule is CC(C)Cc1nsc(N(C)Cc2nc3c(s2)CCCC3)n1. The first-order valence-electron chi connectivity index (χ1n) is 7.63. The molecule has 0 saturated heterocycles. The lowest BCUT2D eigenvalue weighted by atomic mass is 10.0. The van der Waals surface area contributed by atoms with E-state index in [1.54, 1.807) is 0 Å². The normalized spacial score (nSPS) is 14.5. The Labute approximate surface area is 134 Å². The summed E-state index contributed by atoms with van der Waals surface area (Å²) in [7, 11) is 2.08. The third kappa shape index (κ3) is 3.61. The van der Waals surface area contributed by atoms with Gasteiger partial charge in [0.1, 0.15) is 10.8 Å². The van der Waals surface area contributed by atoms with Gasteiger partial charge in [0.25, 0.3) is 0 Å². The largest absolute Gasteiger partial charge is 0.343 e. The molecular weight excluding hydrogens is 300 g/mol. The van der Waals surface area contributed by atoms with E-state index in [0.29, 0.717) is 5.92 Å². The van der Waals surface area contributed by atoms with Crippen LogP contribution < -0.4 is 4.90 Å². The first-order chi connectivity index (χ1) is 10.1. The van der Waals surface area contributed by atoms with Crippen LogP contribution in [0.4, 0.5) is 5.13 Å². The number of nitrogens with zero attached hydrogens (tertiary/aromatic N) is 4. The molecule has 3 rings (SSSR count). The monoisotopic (exact) mass is 322 g/mol. The number of hydrogen-bond donors (Lipinski definition) is 0. The van der Waals surface area contributed by atoms with E-state index in [4.69, 9.17) is 4.98 Å². The molecule has 2 aromatic heterocycles. The highest BCUT2D eigenvalue weighted by Crippen LogP contribution is 2.28. The Morgan fingerprint density at radius 3 is 2.76 bits per heavy atom. The van der Waals surface area contributed by atoms with Crippen molar-refractivity contribution in [3.05, 3.63) is 21.4 Å². The lowest BCUT2D eigenvalue weighted by Crippen LogP contribution is -2.16. The van der Waals surface area contributed by atoms with Gasteiger partial charge in [-0.25, -0.2) is 9.97 Å². The summed E-state index contributed by atoms with van der Waals surface area (Å²) in [6.07, 6.45) is 5.94. The van der Waals surface area contributed by atoms with Crippen LogP contribution in [-0.4, -0.2) is 21.4 Å². The lowest BCUT2D eigenvalue weighted by Gasteiger charge is -2.12. The summed E-state index contributed by atoms with van der Waals surface area (Å²) in [6.45, 7) is 5.24. The van der Waals surface area contributed by atoms with Crippen LogP contribution in [0.25, 0.3) is 0 Å². The molecule has 0 spiro atoms. The quantitative estimate of drug-likeness (QED) is 0.841. The van der Waals surface area contributed by atoms with E-state index >= 15 is 0 Å². The van der Waals surface area contributed by atoms with Gasteiger partial charge in [0.2, 0.25) is 5.13 Å². The van der Waals surface area contributed by atoms with Gasteiger partial charge >= 0.3 is 0 Å². The second-order valence-electron chi connectivity index (χ2n) is 6.13. The van der Waals surface area contributed by atoms with E-state index in [1.165, 1.54) is 46.4 Å². The van der Waals surface area contributed by atoms with E-state index in [9.17, 15) is 0 Å². The van der Waals surface area contributed by atoms with Crippen LogP contribution >= 0.6 is 22.9 Å². The minimum Gasteiger partial charge on any atom is -0.343 e. The zero-order valence-electron chi connectivity index (χ0n) is 12.9. The van der Waals surface area contributed by atoms with E-state index in [2.05, 4.69) is 35.2 Å². The predicted octanol–water partition coefficient (Wildman–Crippen LogP) is 3.71. The molecule has 4 nitrogen and oxygen atoms in total. The summed E-state index contributed by atoms with van der Waals surface area (Å²) in [5, 5.41) is 2.21. The van der Waals surface area contributed by atoms with Crippen LogP contribution in [0.3, 0.4) is 0 Å². The fourth-order valence-electron chi connectivity index (χ4n) is 2.59. The van der Waals surface area contributed by atoms with E-state index in [1.807, 2.05) is 11.3 Å². The molecule has 0 fully saturated rings. The molecule has 2 aromatic rings. The third-order valence-electron chi connectivity index (χ3n) is 3.64. The van der Waals surface area contributed by atoms with Crippen molar-refractivity contribution in [1.29, 1.82) is 0 Å². The average Bonchev–Trinajstić information content (AvgIpc) is 3.03. The molecule has 0 atom stereocenters. The van der Waals surface area contributed by atoms with Gasteiger partial charge < -0.3 is 4.90 Å². The van der Waals surface area contributed by atoms with Gasteiger partial charge in [-0.3, -0.25) is 0 Å². The molecule has 6 heteroatoms. The lowest BCUT2D eigenvalue weighted by molar-refractivity contribution is 0.626. The van der Waals surface area contributed by atoms with Crippen molar-refractivity contribution >= 4 is 28.0 Å². The molecule has 0 bridgehead atoms. The van der Waals surface area contributed by atoms with Gasteiger partial charge in [0.15, 0.2) is 0 Å². The third-order valence-corrected chi connectivity index (χ3v) is 5.65. The highest BCUT2D eigenvalue weighted by atomic mass is 32.1. The van der Waals surface area contributed by atoms with Crippen LogP contribution in [0.5, 0.6) is 0 Å². The average molecular weight is 323 g/mol. The van der Waals surface area contributed by atoms with E-state index in [-0.39, 0.29) is 0 Å². The highest BCUT2D eigenvalue weighted by Gasteiger charge is 2.17. The van der Waals surface area contributed by atoms with Crippen molar-refractivity contribution in [2.45, 2.75) is 52.5 Å². The zero-order chi connectivity index (χ0) is 14.8. The maximum absolute atomic E-state index is 4.80. The molecule has 0 aromatic carbocycles. The molecule has 114 valence electrons. The molecule has 0 radical (unpaired) electrons. The highest BCUT2D eigenvalue weighted by molar-refractivity contribution is 7.12. The van der Waals surface area contributed by atoms with E-state index in [0.717, 1.165) is 30.3 Å². The van der Waals surface area contributed by atoms with Crippen LogP contribution in [0.15, 0.2) is 0 Å². The van der Waals surface area contributed by atoms with Crippen molar-refractivity contribution in [3.63, 3.8) is 0 Å². The van der Waals surface area contributed by atoms with Gasteiger partial charge in [-0.15, -0.1) is 11.3 Å². The molecule has 2 heterocycles. The number of anilines is 1. The first kappa shape index (κ1) is 14.9. The maximum atomic E-state index is 4.80. The Balaban J connectivity index is 1.66. The smallest absolute Gasteiger partial charge is 0.205 e. The second kappa shape index (κ2) is 6.40. The maximum Gasteiger partial charge on any atom is 0.205 e. The Kier molecular flexibility index (Phi) is 4.54. The number of aromatic nitrogens is 3. The molecule has 0 aliphatic heterocycles. The summed E-state index contributed by atoms with van der Waals surface area (Å²) < 4.78 is 4.46. The Morgan fingerprint density at radius 1 is 1.19 bits per heavy atom. The van der Waals surface area contributed by atoms with Crippen molar-refractivity contribution in [3.8, 4) is 0 Å². The van der Waals surface area contributed by atoms with Crippen LogP contribution in [-0.2, 0) is 25.8 Å². The second-order valence-corrected chi connectivity index (χ2v) is 8.03. The molecule has 0 N–H and O–H groups in total. The summed E-state index contributed by atoms with van der Waals surface area (Å²) in [5.41, 5.74) is 1.34. The van der Waals surface area contributed by atoms with Gasteiger partial charge in [-0.1, -0.05) is 13.8 Å². The molecular formula is C15H22N4S2. The molecule has 0 unspecified atom stereocenters. The van der Waals surface area contributed by atoms with Crippen molar-refractivity contribution in [2.75, 3.05) is 11.9 Å². The predicted molar refractivity (Wildman–Crippen MR) is 89.3 cm³/mol. The summed E-state index contributed by atoms with van der Waals surface area (Å²) in [5.74, 6) is 1.57. The number of thiazole rings is 1. The van der Waals surface area contributed by atoms with Crippen LogP contribution in [0.2, 0.25) is 0 Å². The summed E-state index contributed by atoms with van der Waals surface area (Å²) >= 11 is 3.37. The summed E-state index contributed by atoms with van der Waals surface area (Å²) in [4.78, 5) is 13.1. The van der Waals surface area contributed by atoms with Gasteiger partial charge in [0, 0.05) is 29.9 Å². The number of fused-ring (bicyclic) bond motifs is 1. The number of hydrogen-bond acceptors (Lipinski definition) is 6. The van der Waals surface area contributed by atoms with Crippen molar-refractivity contribution < 1.29 is 0 Å². The van der Waals surface area contributed by atoms with Crippen LogP contribution in [0, 0.1) is 5.92 Å². The standard InChI is InChI=1S/C15H22N4S2/c1-10(2)8-13-17-15(21-18-13)19(3)9-14-16-11-6-4-5-7-12(11)20-14/h10H,4-9H2,1-3H3.